The van der Waals surface area contributed by atoms with Crippen molar-refractivity contribution < 1.29 is 4.92 Å². The highest BCUT2D eigenvalue weighted by molar-refractivity contribution is 5.71. The first kappa shape index (κ1) is 21.5. The molecule has 3 N–H and O–H groups in total. The van der Waals surface area contributed by atoms with E-state index in [2.05, 4.69) is 32.3 Å². The molecule has 166 valence electrons. The summed E-state index contributed by atoms with van der Waals surface area (Å²) in [6, 6.07) is 18.4. The number of nitrogens with two attached hydrogens (primary N) is 1. The number of nitrogen functional groups attached to an aromatic ring is 1. The number of aryl methyl sites for hydroxylation is 1. The van der Waals surface area contributed by atoms with Crippen LogP contribution in [0.4, 0.5) is 23.3 Å². The summed E-state index contributed by atoms with van der Waals surface area (Å²) in [6.45, 7) is 6.20. The summed E-state index contributed by atoms with van der Waals surface area (Å²) in [5.74, 6) is 0.432. The molecule has 2 heterocycles. The van der Waals surface area contributed by atoms with E-state index in [4.69, 9.17) is 5.73 Å². The Morgan fingerprint density at radius 1 is 1.00 bits per heavy atom. The predicted octanol–water partition coefficient (Wildman–Crippen LogP) is 3.21. The van der Waals surface area contributed by atoms with Crippen LogP contribution in [0.15, 0.2) is 54.6 Å². The number of hydrogen-bond acceptors (Lipinski definition) is 8. The lowest BCUT2D eigenvalue weighted by Crippen LogP contribution is -2.46. The Kier molecular flexibility index (Phi) is 6.46. The SMILES string of the molecule is Cc1ccc(CNc2nc(N)c([N+](=O)[O-])c(N3CCN(Cc4ccccc4)CC3)n2)cc1. The lowest BCUT2D eigenvalue weighted by Gasteiger charge is -2.35. The van der Waals surface area contributed by atoms with Gasteiger partial charge in [0.05, 0.1) is 4.92 Å². The number of benzene rings is 2. The highest BCUT2D eigenvalue weighted by Crippen LogP contribution is 2.32. The van der Waals surface area contributed by atoms with Crippen molar-refractivity contribution in [3.63, 3.8) is 0 Å². The zero-order chi connectivity index (χ0) is 22.5. The Bertz CT molecular complexity index is 1070. The molecular weight excluding hydrogens is 406 g/mol. The van der Waals surface area contributed by atoms with Gasteiger partial charge in [-0.3, -0.25) is 15.0 Å². The van der Waals surface area contributed by atoms with E-state index < -0.39 is 4.92 Å². The second kappa shape index (κ2) is 9.61. The summed E-state index contributed by atoms with van der Waals surface area (Å²) in [7, 11) is 0. The van der Waals surface area contributed by atoms with Crippen molar-refractivity contribution >= 4 is 23.3 Å². The van der Waals surface area contributed by atoms with Gasteiger partial charge in [-0.15, -0.1) is 0 Å². The molecule has 3 aromatic rings. The molecule has 0 saturated carbocycles. The topological polar surface area (TPSA) is 113 Å². The number of piperazine rings is 1. The summed E-state index contributed by atoms with van der Waals surface area (Å²) >= 11 is 0. The van der Waals surface area contributed by atoms with E-state index in [1.807, 2.05) is 54.3 Å². The van der Waals surface area contributed by atoms with Crippen molar-refractivity contribution in [3.05, 3.63) is 81.4 Å². The lowest BCUT2D eigenvalue weighted by atomic mass is 10.1. The van der Waals surface area contributed by atoms with Gasteiger partial charge in [0.1, 0.15) is 0 Å². The third-order valence-electron chi connectivity index (χ3n) is 5.57. The number of nitro groups is 1. The fourth-order valence-electron chi connectivity index (χ4n) is 3.78. The van der Waals surface area contributed by atoms with E-state index in [0.29, 0.717) is 19.6 Å². The maximum atomic E-state index is 11.7. The fourth-order valence-corrected chi connectivity index (χ4v) is 3.78. The molecule has 1 aliphatic heterocycles. The summed E-state index contributed by atoms with van der Waals surface area (Å²) in [4.78, 5) is 24.1. The first-order valence-electron chi connectivity index (χ1n) is 10.6. The number of aromatic nitrogens is 2. The summed E-state index contributed by atoms with van der Waals surface area (Å²) < 4.78 is 0. The molecular formula is C23H27N7O2. The van der Waals surface area contributed by atoms with Crippen molar-refractivity contribution in [2.24, 2.45) is 0 Å². The number of anilines is 3. The molecule has 0 radical (unpaired) electrons. The molecule has 0 unspecified atom stereocenters. The van der Waals surface area contributed by atoms with Gasteiger partial charge in [-0.2, -0.15) is 9.97 Å². The van der Waals surface area contributed by atoms with Crippen LogP contribution in [0.5, 0.6) is 0 Å². The van der Waals surface area contributed by atoms with Gasteiger partial charge in [0.25, 0.3) is 0 Å². The number of nitrogens with one attached hydrogen (secondary N) is 1. The molecule has 0 spiro atoms. The van der Waals surface area contributed by atoms with Crippen molar-refractivity contribution in [3.8, 4) is 0 Å². The maximum absolute atomic E-state index is 11.7. The highest BCUT2D eigenvalue weighted by Gasteiger charge is 2.29. The molecule has 1 saturated heterocycles. The van der Waals surface area contributed by atoms with E-state index in [-0.39, 0.29) is 23.3 Å². The molecule has 32 heavy (non-hydrogen) atoms. The third-order valence-corrected chi connectivity index (χ3v) is 5.57. The van der Waals surface area contributed by atoms with Gasteiger partial charge in [0.2, 0.25) is 17.6 Å². The van der Waals surface area contributed by atoms with Crippen LogP contribution in [0.1, 0.15) is 16.7 Å². The van der Waals surface area contributed by atoms with Crippen LogP contribution in [0.3, 0.4) is 0 Å². The van der Waals surface area contributed by atoms with Crippen LogP contribution in [0.25, 0.3) is 0 Å². The number of rotatable bonds is 7. The van der Waals surface area contributed by atoms with Crippen molar-refractivity contribution in [1.82, 2.24) is 14.9 Å². The molecule has 0 aliphatic carbocycles. The normalized spacial score (nSPS) is 14.3. The Hall–Kier alpha value is -3.72. The standard InChI is InChI=1S/C23H27N7O2/c1-17-7-9-18(10-8-17)15-25-23-26-21(24)20(30(31)32)22(27-23)29-13-11-28(12-14-29)16-19-5-3-2-4-6-19/h2-10H,11-16H2,1H3,(H3,24,25,26,27). The first-order valence-corrected chi connectivity index (χ1v) is 10.6. The van der Waals surface area contributed by atoms with Crippen molar-refractivity contribution in [2.45, 2.75) is 20.0 Å². The van der Waals surface area contributed by atoms with Crippen LogP contribution in [-0.2, 0) is 13.1 Å². The van der Waals surface area contributed by atoms with Gasteiger partial charge >= 0.3 is 5.69 Å². The molecule has 1 aliphatic rings. The number of hydrogen-bond donors (Lipinski definition) is 2. The van der Waals surface area contributed by atoms with Crippen LogP contribution in [0.2, 0.25) is 0 Å². The molecule has 0 amide bonds. The Labute approximate surface area is 187 Å². The zero-order valence-electron chi connectivity index (χ0n) is 18.1. The van der Waals surface area contributed by atoms with E-state index in [1.165, 1.54) is 11.1 Å². The van der Waals surface area contributed by atoms with Gasteiger partial charge in [-0.1, -0.05) is 60.2 Å². The van der Waals surface area contributed by atoms with E-state index in [1.54, 1.807) is 0 Å². The van der Waals surface area contributed by atoms with Crippen LogP contribution in [0, 0.1) is 17.0 Å². The molecule has 0 bridgehead atoms. The first-order chi connectivity index (χ1) is 15.5. The summed E-state index contributed by atoms with van der Waals surface area (Å²) in [5, 5.41) is 14.8. The Morgan fingerprint density at radius 2 is 1.69 bits per heavy atom. The van der Waals surface area contributed by atoms with Crippen molar-refractivity contribution in [1.29, 1.82) is 0 Å². The molecule has 4 rings (SSSR count). The van der Waals surface area contributed by atoms with Gasteiger partial charge in [-0.25, -0.2) is 0 Å². The second-order valence-corrected chi connectivity index (χ2v) is 7.95. The molecule has 9 heteroatoms. The highest BCUT2D eigenvalue weighted by atomic mass is 16.6. The second-order valence-electron chi connectivity index (χ2n) is 7.95. The maximum Gasteiger partial charge on any atom is 0.353 e. The van der Waals surface area contributed by atoms with Crippen molar-refractivity contribution in [2.75, 3.05) is 42.1 Å². The van der Waals surface area contributed by atoms with Crippen LogP contribution in [-0.4, -0.2) is 46.0 Å². The van der Waals surface area contributed by atoms with E-state index >= 15 is 0 Å². The largest absolute Gasteiger partial charge is 0.378 e. The summed E-state index contributed by atoms with van der Waals surface area (Å²) in [6.07, 6.45) is 0. The molecule has 0 atom stereocenters. The van der Waals surface area contributed by atoms with Gasteiger partial charge in [0.15, 0.2) is 0 Å². The molecule has 9 nitrogen and oxygen atoms in total. The smallest absolute Gasteiger partial charge is 0.353 e. The van der Waals surface area contributed by atoms with Crippen LogP contribution >= 0.6 is 0 Å². The Morgan fingerprint density at radius 3 is 2.34 bits per heavy atom. The average Bonchev–Trinajstić information content (AvgIpc) is 2.79. The van der Waals surface area contributed by atoms with E-state index in [9.17, 15) is 10.1 Å². The quantitative estimate of drug-likeness (QED) is 0.431. The molecule has 1 aromatic heterocycles. The Balaban J connectivity index is 1.48. The monoisotopic (exact) mass is 433 g/mol. The molecule has 1 fully saturated rings. The van der Waals surface area contributed by atoms with Gasteiger partial charge in [-0.05, 0) is 18.1 Å². The van der Waals surface area contributed by atoms with Crippen LogP contribution < -0.4 is 16.0 Å². The summed E-state index contributed by atoms with van der Waals surface area (Å²) in [5.41, 5.74) is 9.24. The fraction of sp³-hybridized carbons (Fsp3) is 0.304. The third kappa shape index (κ3) is 5.12. The number of nitrogens with zero attached hydrogens (tertiary/aromatic N) is 5. The van der Waals surface area contributed by atoms with E-state index in [0.717, 1.165) is 25.2 Å². The lowest BCUT2D eigenvalue weighted by molar-refractivity contribution is -0.383. The zero-order valence-corrected chi connectivity index (χ0v) is 18.1. The predicted molar refractivity (Wildman–Crippen MR) is 126 cm³/mol. The minimum Gasteiger partial charge on any atom is -0.378 e. The van der Waals surface area contributed by atoms with Gasteiger partial charge < -0.3 is 16.0 Å². The average molecular weight is 434 g/mol. The molecule has 2 aromatic carbocycles. The minimum absolute atomic E-state index is 0.127. The minimum atomic E-state index is -0.495. The van der Waals surface area contributed by atoms with Gasteiger partial charge in [0, 0.05) is 39.3 Å².